The fraction of sp³-hybridized carbons (Fsp3) is 0.263. The Morgan fingerprint density at radius 3 is 2.41 bits per heavy atom. The molecule has 0 saturated carbocycles. The molecular formula is C19H19N3O4S. The molecule has 2 heterocycles. The van der Waals surface area contributed by atoms with Crippen LogP contribution in [0.3, 0.4) is 0 Å². The normalized spacial score (nSPS) is 18.6. The van der Waals surface area contributed by atoms with Crippen molar-refractivity contribution in [3.63, 3.8) is 0 Å². The van der Waals surface area contributed by atoms with Crippen molar-refractivity contribution in [2.75, 3.05) is 32.8 Å². The lowest BCUT2D eigenvalue weighted by Gasteiger charge is -2.31. The highest BCUT2D eigenvalue weighted by Crippen LogP contribution is 2.28. The van der Waals surface area contributed by atoms with Gasteiger partial charge in [0.05, 0.1) is 18.1 Å². The molecule has 4 rings (SSSR count). The molecule has 0 radical (unpaired) electrons. The van der Waals surface area contributed by atoms with Gasteiger partial charge < -0.3 is 9.64 Å². The number of carbonyl (C=O) groups is 1. The Morgan fingerprint density at radius 2 is 1.67 bits per heavy atom. The van der Waals surface area contributed by atoms with Crippen molar-refractivity contribution in [3.05, 3.63) is 65.7 Å². The maximum Gasteiger partial charge on any atom is 0.280 e. The summed E-state index contributed by atoms with van der Waals surface area (Å²) in [5.41, 5.74) is 1.87. The third-order valence-electron chi connectivity index (χ3n) is 4.59. The molecule has 2 aliphatic heterocycles. The molecule has 7 nitrogen and oxygen atoms in total. The van der Waals surface area contributed by atoms with Crippen molar-refractivity contribution in [1.82, 2.24) is 9.31 Å². The first-order chi connectivity index (χ1) is 13.1. The van der Waals surface area contributed by atoms with Gasteiger partial charge in [-0.25, -0.2) is 0 Å². The van der Waals surface area contributed by atoms with Crippen molar-refractivity contribution in [2.24, 2.45) is 5.10 Å². The number of hydrazone groups is 1. The number of hydrogen-bond donors (Lipinski definition) is 0. The number of sulfonamides is 1. The highest BCUT2D eigenvalue weighted by atomic mass is 32.2. The number of benzene rings is 2. The van der Waals surface area contributed by atoms with E-state index in [2.05, 4.69) is 5.10 Å². The van der Waals surface area contributed by atoms with Crippen molar-refractivity contribution in [3.8, 4) is 0 Å². The summed E-state index contributed by atoms with van der Waals surface area (Å²) in [5, 5.41) is 4.36. The van der Waals surface area contributed by atoms with Crippen LogP contribution in [0.5, 0.6) is 0 Å². The Hall–Kier alpha value is -2.71. The summed E-state index contributed by atoms with van der Waals surface area (Å²) in [6, 6.07) is 16.1. The lowest BCUT2D eigenvalue weighted by Crippen LogP contribution is -2.46. The zero-order valence-corrected chi connectivity index (χ0v) is 15.4. The fourth-order valence-corrected chi connectivity index (χ4v) is 4.57. The summed E-state index contributed by atoms with van der Waals surface area (Å²) in [6.45, 7) is 1.50. The Bertz CT molecular complexity index is 983. The fourth-order valence-electron chi connectivity index (χ4n) is 3.18. The van der Waals surface area contributed by atoms with Crippen LogP contribution in [0.1, 0.15) is 11.1 Å². The van der Waals surface area contributed by atoms with Crippen LogP contribution in [0, 0.1) is 0 Å². The number of carbonyl (C=O) groups excluding carboxylic acids is 1. The molecule has 0 spiro atoms. The SMILES string of the molecule is O=C(CN1N=C(c2ccccc2)c2ccccc2S1(=O)=O)N1CCOCC1. The molecule has 1 fully saturated rings. The number of morpholine rings is 1. The van der Waals surface area contributed by atoms with Crippen LogP contribution in [-0.4, -0.2) is 62.2 Å². The Balaban J connectivity index is 1.73. The number of amides is 1. The van der Waals surface area contributed by atoms with Gasteiger partial charge in [-0.05, 0) is 6.07 Å². The second-order valence-corrected chi connectivity index (χ2v) is 8.10. The zero-order valence-electron chi connectivity index (χ0n) is 14.6. The van der Waals surface area contributed by atoms with Gasteiger partial charge in [-0.3, -0.25) is 4.79 Å². The minimum Gasteiger partial charge on any atom is -0.378 e. The Morgan fingerprint density at radius 1 is 1.00 bits per heavy atom. The van der Waals surface area contributed by atoms with Crippen LogP contribution in [0.4, 0.5) is 0 Å². The minimum absolute atomic E-state index is 0.161. The summed E-state index contributed by atoms with van der Waals surface area (Å²) in [6.07, 6.45) is 0. The molecule has 1 saturated heterocycles. The molecule has 0 aliphatic carbocycles. The predicted octanol–water partition coefficient (Wildman–Crippen LogP) is 1.30. The van der Waals surface area contributed by atoms with Crippen molar-refractivity contribution >= 4 is 21.6 Å². The van der Waals surface area contributed by atoms with Gasteiger partial charge in [0, 0.05) is 24.2 Å². The van der Waals surface area contributed by atoms with E-state index in [1.165, 1.54) is 0 Å². The molecule has 0 bridgehead atoms. The van der Waals surface area contributed by atoms with Crippen LogP contribution in [0.2, 0.25) is 0 Å². The molecule has 2 aromatic rings. The van der Waals surface area contributed by atoms with Crippen molar-refractivity contribution in [1.29, 1.82) is 0 Å². The van der Waals surface area contributed by atoms with Gasteiger partial charge in [-0.1, -0.05) is 48.5 Å². The third-order valence-corrected chi connectivity index (χ3v) is 6.27. The average molecular weight is 385 g/mol. The highest BCUT2D eigenvalue weighted by Gasteiger charge is 2.35. The van der Waals surface area contributed by atoms with Crippen LogP contribution < -0.4 is 0 Å². The van der Waals surface area contributed by atoms with Gasteiger partial charge in [0.25, 0.3) is 10.0 Å². The monoisotopic (exact) mass is 385 g/mol. The van der Waals surface area contributed by atoms with Crippen LogP contribution in [0.25, 0.3) is 0 Å². The van der Waals surface area contributed by atoms with Crippen molar-refractivity contribution in [2.45, 2.75) is 4.90 Å². The van der Waals surface area contributed by atoms with Crippen molar-refractivity contribution < 1.29 is 17.9 Å². The smallest absolute Gasteiger partial charge is 0.280 e. The first-order valence-electron chi connectivity index (χ1n) is 8.69. The van der Waals surface area contributed by atoms with Gasteiger partial charge in [-0.2, -0.15) is 17.9 Å². The maximum absolute atomic E-state index is 13.0. The lowest BCUT2D eigenvalue weighted by molar-refractivity contribution is -0.135. The van der Waals surface area contributed by atoms with E-state index in [-0.39, 0.29) is 17.3 Å². The van der Waals surface area contributed by atoms with E-state index in [0.717, 1.165) is 9.98 Å². The molecule has 0 N–H and O–H groups in total. The molecule has 0 aromatic heterocycles. The van der Waals surface area contributed by atoms with Gasteiger partial charge in [0.2, 0.25) is 5.91 Å². The van der Waals surface area contributed by atoms with Gasteiger partial charge in [0.1, 0.15) is 12.3 Å². The number of fused-ring (bicyclic) bond motifs is 1. The van der Waals surface area contributed by atoms with Gasteiger partial charge in [-0.15, -0.1) is 0 Å². The van der Waals surface area contributed by atoms with E-state index >= 15 is 0 Å². The molecule has 2 aromatic carbocycles. The minimum atomic E-state index is -3.89. The third kappa shape index (κ3) is 3.33. The summed E-state index contributed by atoms with van der Waals surface area (Å²) in [7, 11) is -3.89. The van der Waals surface area contributed by atoms with E-state index < -0.39 is 10.0 Å². The van der Waals surface area contributed by atoms with E-state index in [4.69, 9.17) is 4.74 Å². The molecule has 140 valence electrons. The molecule has 0 atom stereocenters. The number of nitrogens with zero attached hydrogens (tertiary/aromatic N) is 3. The number of rotatable bonds is 3. The first-order valence-corrected chi connectivity index (χ1v) is 10.1. The summed E-state index contributed by atoms with van der Waals surface area (Å²) < 4.78 is 32.2. The van der Waals surface area contributed by atoms with Crippen LogP contribution in [0.15, 0.2) is 64.6 Å². The standard InChI is InChI=1S/C19H19N3O4S/c23-18(21-10-12-26-13-11-21)14-22-20-19(15-6-2-1-3-7-15)16-8-4-5-9-17(16)27(22,24)25/h1-9H,10-14H2. The largest absolute Gasteiger partial charge is 0.378 e. The molecule has 27 heavy (non-hydrogen) atoms. The number of ether oxygens (including phenoxy) is 1. The van der Waals surface area contributed by atoms with E-state index in [9.17, 15) is 13.2 Å². The van der Waals surface area contributed by atoms with E-state index in [1.54, 1.807) is 29.2 Å². The molecule has 2 aliphatic rings. The average Bonchev–Trinajstić information content (AvgIpc) is 2.71. The molecule has 0 unspecified atom stereocenters. The summed E-state index contributed by atoms with van der Waals surface area (Å²) in [4.78, 5) is 14.4. The first kappa shape index (κ1) is 17.7. The topological polar surface area (TPSA) is 79.3 Å². The van der Waals surface area contributed by atoms with E-state index in [0.29, 0.717) is 37.6 Å². The summed E-state index contributed by atoms with van der Waals surface area (Å²) in [5.74, 6) is -0.280. The summed E-state index contributed by atoms with van der Waals surface area (Å²) >= 11 is 0. The zero-order chi connectivity index (χ0) is 18.9. The Labute approximate surface area is 157 Å². The predicted molar refractivity (Wildman–Crippen MR) is 99.8 cm³/mol. The van der Waals surface area contributed by atoms with Crippen LogP contribution >= 0.6 is 0 Å². The maximum atomic E-state index is 13.0. The van der Waals surface area contributed by atoms with Gasteiger partial charge >= 0.3 is 0 Å². The second-order valence-electron chi connectivity index (χ2n) is 6.29. The lowest BCUT2D eigenvalue weighted by atomic mass is 10.0. The van der Waals surface area contributed by atoms with E-state index in [1.807, 2.05) is 30.3 Å². The second kappa shape index (κ2) is 7.13. The molecular weight excluding hydrogens is 366 g/mol. The van der Waals surface area contributed by atoms with Crippen LogP contribution in [-0.2, 0) is 19.6 Å². The number of hydrogen-bond acceptors (Lipinski definition) is 5. The van der Waals surface area contributed by atoms with Gasteiger partial charge in [0.15, 0.2) is 0 Å². The Kier molecular flexibility index (Phi) is 4.67. The quantitative estimate of drug-likeness (QED) is 0.798. The molecule has 8 heteroatoms. The highest BCUT2D eigenvalue weighted by molar-refractivity contribution is 7.89. The molecule has 1 amide bonds.